The Balaban J connectivity index is 1.85. The first-order valence-electron chi connectivity index (χ1n) is 8.04. The summed E-state index contributed by atoms with van der Waals surface area (Å²) in [4.78, 5) is 32.4. The number of ether oxygens (including phenoxy) is 1. The molecule has 9 nitrogen and oxygen atoms in total. The van der Waals surface area contributed by atoms with Gasteiger partial charge in [-0.1, -0.05) is 18.7 Å². The van der Waals surface area contributed by atoms with Crippen molar-refractivity contribution < 1.29 is 14.3 Å². The Morgan fingerprint density at radius 1 is 1.19 bits per heavy atom. The molecule has 0 fully saturated rings. The zero-order chi connectivity index (χ0) is 19.6. The van der Waals surface area contributed by atoms with Crippen molar-refractivity contribution in [2.75, 3.05) is 17.7 Å². The van der Waals surface area contributed by atoms with Crippen molar-refractivity contribution in [1.29, 1.82) is 0 Å². The molecule has 0 saturated heterocycles. The zero-order valence-corrected chi connectivity index (χ0v) is 15.1. The number of carbonyl (C=O) groups excluding carboxylic acids is 2. The van der Waals surface area contributed by atoms with Gasteiger partial charge in [-0.2, -0.15) is 14.8 Å². The predicted octanol–water partition coefficient (Wildman–Crippen LogP) is 2.61. The first kappa shape index (κ1) is 18.1. The maximum absolute atomic E-state index is 12.4. The molecule has 9 heteroatoms. The molecule has 27 heavy (non-hydrogen) atoms. The van der Waals surface area contributed by atoms with Gasteiger partial charge in [-0.3, -0.25) is 10.1 Å². The monoisotopic (exact) mass is 366 g/mol. The third kappa shape index (κ3) is 3.76. The number of urea groups is 1. The minimum Gasteiger partial charge on any atom is -0.495 e. The van der Waals surface area contributed by atoms with E-state index in [2.05, 4.69) is 32.3 Å². The van der Waals surface area contributed by atoms with Crippen LogP contribution in [0.15, 0.2) is 52.5 Å². The second-order valence-corrected chi connectivity index (χ2v) is 5.75. The molecule has 0 atom stereocenters. The van der Waals surface area contributed by atoms with Gasteiger partial charge in [-0.25, -0.2) is 9.79 Å². The summed E-state index contributed by atoms with van der Waals surface area (Å²) >= 11 is 0. The molecule has 1 aromatic heterocycles. The van der Waals surface area contributed by atoms with Crippen molar-refractivity contribution in [2.24, 2.45) is 9.98 Å². The summed E-state index contributed by atoms with van der Waals surface area (Å²) in [7, 11) is 1.52. The van der Waals surface area contributed by atoms with Crippen LogP contribution in [0.25, 0.3) is 0 Å². The summed E-state index contributed by atoms with van der Waals surface area (Å²) in [6.45, 7) is 7.04. The molecule has 0 spiro atoms. The van der Waals surface area contributed by atoms with E-state index in [1.165, 1.54) is 11.8 Å². The normalized spacial score (nSPS) is 13.7. The molecule has 1 aromatic carbocycles. The van der Waals surface area contributed by atoms with Crippen LogP contribution in [0.3, 0.4) is 0 Å². The van der Waals surface area contributed by atoms with Crippen molar-refractivity contribution in [1.82, 2.24) is 9.78 Å². The highest BCUT2D eigenvalue weighted by atomic mass is 16.5. The van der Waals surface area contributed by atoms with Gasteiger partial charge in [0.2, 0.25) is 0 Å². The lowest BCUT2D eigenvalue weighted by Crippen LogP contribution is -2.26. The van der Waals surface area contributed by atoms with Crippen molar-refractivity contribution in [3.63, 3.8) is 0 Å². The highest BCUT2D eigenvalue weighted by Gasteiger charge is 2.21. The number of carbonyl (C=O) groups is 2. The van der Waals surface area contributed by atoms with Crippen LogP contribution >= 0.6 is 0 Å². The quantitative estimate of drug-likeness (QED) is 0.814. The van der Waals surface area contributed by atoms with E-state index < -0.39 is 11.9 Å². The predicted molar refractivity (Wildman–Crippen MR) is 103 cm³/mol. The van der Waals surface area contributed by atoms with Crippen LogP contribution in [-0.4, -0.2) is 40.5 Å². The Morgan fingerprint density at radius 2 is 1.93 bits per heavy atom. The Hall–Kier alpha value is -3.75. The average Bonchev–Trinajstić information content (AvgIpc) is 2.99. The molecule has 138 valence electrons. The number of para-hydroxylation sites is 2. The number of hydrogen-bond acceptors (Lipinski definition) is 5. The summed E-state index contributed by atoms with van der Waals surface area (Å²) < 4.78 is 6.51. The minimum atomic E-state index is -0.506. The average molecular weight is 366 g/mol. The summed E-state index contributed by atoms with van der Waals surface area (Å²) in [5.74, 6) is 0.412. The molecule has 3 amide bonds. The lowest BCUT2D eigenvalue weighted by molar-refractivity contribution is -0.113. The number of rotatable bonds is 3. The van der Waals surface area contributed by atoms with Crippen LogP contribution in [0.5, 0.6) is 5.75 Å². The topological polar surface area (TPSA) is 110 Å². The Kier molecular flexibility index (Phi) is 4.84. The van der Waals surface area contributed by atoms with Gasteiger partial charge in [0, 0.05) is 6.07 Å². The molecule has 2 heterocycles. The smallest absolute Gasteiger partial charge is 0.324 e. The lowest BCUT2D eigenvalue weighted by atomic mass is 10.2. The van der Waals surface area contributed by atoms with Crippen LogP contribution in [-0.2, 0) is 4.79 Å². The van der Waals surface area contributed by atoms with E-state index in [0.29, 0.717) is 28.7 Å². The number of aryl methyl sites for hydroxylation is 1. The molecule has 0 radical (unpaired) electrons. The van der Waals surface area contributed by atoms with Gasteiger partial charge in [-0.05, 0) is 26.0 Å². The Morgan fingerprint density at radius 3 is 2.63 bits per heavy atom. The van der Waals surface area contributed by atoms with E-state index >= 15 is 0 Å². The van der Waals surface area contributed by atoms with Gasteiger partial charge in [0.1, 0.15) is 11.6 Å². The first-order chi connectivity index (χ1) is 12.9. The number of anilines is 2. The van der Waals surface area contributed by atoms with E-state index in [-0.39, 0.29) is 11.5 Å². The second kappa shape index (κ2) is 7.24. The van der Waals surface area contributed by atoms with E-state index in [0.717, 1.165) is 0 Å². The Bertz CT molecular complexity index is 1000. The number of nitrogens with one attached hydrogen (secondary N) is 2. The molecule has 0 unspecified atom stereocenters. The highest BCUT2D eigenvalue weighted by molar-refractivity contribution is 6.27. The maximum atomic E-state index is 12.4. The SMILES string of the molecule is C=C1C(=O)N=C(n2nc(C)cc2NC(=O)Nc2ccccc2OC)N=C1C. The number of amides is 3. The molecular weight excluding hydrogens is 348 g/mol. The fourth-order valence-electron chi connectivity index (χ4n) is 2.41. The number of benzene rings is 1. The molecule has 0 aliphatic carbocycles. The summed E-state index contributed by atoms with van der Waals surface area (Å²) in [6, 6.07) is 8.16. The first-order valence-corrected chi connectivity index (χ1v) is 8.04. The highest BCUT2D eigenvalue weighted by Crippen LogP contribution is 2.23. The van der Waals surface area contributed by atoms with Crippen LogP contribution in [0.4, 0.5) is 16.3 Å². The van der Waals surface area contributed by atoms with Crippen LogP contribution in [0.1, 0.15) is 12.6 Å². The van der Waals surface area contributed by atoms with Crippen LogP contribution < -0.4 is 15.4 Å². The van der Waals surface area contributed by atoms with Crippen LogP contribution in [0.2, 0.25) is 0 Å². The number of hydrogen-bond donors (Lipinski definition) is 2. The molecule has 3 rings (SSSR count). The molecule has 1 aliphatic rings. The largest absolute Gasteiger partial charge is 0.495 e. The standard InChI is InChI=1S/C18H18N6O3/c1-10-9-15(21-18(26)20-13-7-5-6-8-14(13)27-4)24(23-10)17-19-12(3)11(2)16(25)22-17/h5-9H,2H2,1,3-4H3,(H2,20,21,26). The fraction of sp³-hybridized carbons (Fsp3) is 0.167. The molecule has 2 aromatic rings. The fourth-order valence-corrected chi connectivity index (χ4v) is 2.41. The molecule has 1 aliphatic heterocycles. The van der Waals surface area contributed by atoms with E-state index in [1.54, 1.807) is 44.2 Å². The molecule has 0 bridgehead atoms. The summed E-state index contributed by atoms with van der Waals surface area (Å²) in [5.41, 5.74) is 1.80. The van der Waals surface area contributed by atoms with Crippen molar-refractivity contribution >= 4 is 35.1 Å². The zero-order valence-electron chi connectivity index (χ0n) is 15.1. The third-order valence-electron chi connectivity index (χ3n) is 3.78. The third-order valence-corrected chi connectivity index (χ3v) is 3.78. The molecule has 0 saturated carbocycles. The van der Waals surface area contributed by atoms with Crippen molar-refractivity contribution in [2.45, 2.75) is 13.8 Å². The number of nitrogens with zero attached hydrogens (tertiary/aromatic N) is 4. The summed E-state index contributed by atoms with van der Waals surface area (Å²) in [5, 5.41) is 9.63. The molecule has 2 N–H and O–H groups in total. The molecular formula is C18H18N6O3. The Labute approximate surface area is 155 Å². The van der Waals surface area contributed by atoms with E-state index in [9.17, 15) is 9.59 Å². The van der Waals surface area contributed by atoms with Crippen molar-refractivity contribution in [3.05, 3.63) is 48.2 Å². The van der Waals surface area contributed by atoms with Gasteiger partial charge < -0.3 is 10.1 Å². The number of methoxy groups -OCH3 is 1. The summed E-state index contributed by atoms with van der Waals surface area (Å²) in [6.07, 6.45) is 0. The van der Waals surface area contributed by atoms with Crippen molar-refractivity contribution in [3.8, 4) is 5.75 Å². The minimum absolute atomic E-state index is 0.0607. The van der Waals surface area contributed by atoms with Gasteiger partial charge in [0.05, 0.1) is 29.8 Å². The second-order valence-electron chi connectivity index (χ2n) is 5.75. The number of aliphatic imine (C=N–C) groups is 2. The number of aromatic nitrogens is 2. The van der Waals surface area contributed by atoms with Gasteiger partial charge in [-0.15, -0.1) is 0 Å². The maximum Gasteiger partial charge on any atom is 0.324 e. The van der Waals surface area contributed by atoms with E-state index in [4.69, 9.17) is 4.74 Å². The van der Waals surface area contributed by atoms with Gasteiger partial charge in [0.15, 0.2) is 0 Å². The lowest BCUT2D eigenvalue weighted by Gasteiger charge is -2.14. The van der Waals surface area contributed by atoms with Gasteiger partial charge in [0.25, 0.3) is 11.9 Å². The van der Waals surface area contributed by atoms with E-state index in [1.807, 2.05) is 0 Å². The van der Waals surface area contributed by atoms with Crippen LogP contribution in [0, 0.1) is 6.92 Å². The van der Waals surface area contributed by atoms with Gasteiger partial charge >= 0.3 is 6.03 Å².